The van der Waals surface area contributed by atoms with Gasteiger partial charge in [-0.05, 0) is 56.2 Å². The second-order valence-corrected chi connectivity index (χ2v) is 9.07. The lowest BCUT2D eigenvalue weighted by molar-refractivity contribution is -0.119. The number of hydrazone groups is 1. The first kappa shape index (κ1) is 26.0. The van der Waals surface area contributed by atoms with Crippen LogP contribution >= 0.6 is 0 Å². The van der Waals surface area contributed by atoms with Gasteiger partial charge in [0.2, 0.25) is 0 Å². The number of hydrogen-bond donors (Lipinski definition) is 1. The molecule has 33 heavy (non-hydrogen) atoms. The van der Waals surface area contributed by atoms with Crippen molar-refractivity contribution < 1.29 is 27.4 Å². The molecule has 0 heterocycles. The molecule has 0 aliphatic heterocycles. The van der Waals surface area contributed by atoms with Crippen LogP contribution in [0.5, 0.6) is 17.2 Å². The predicted molar refractivity (Wildman–Crippen MR) is 128 cm³/mol. The molecule has 2 rings (SSSR count). The summed E-state index contributed by atoms with van der Waals surface area (Å²) in [7, 11) is 0.262. The summed E-state index contributed by atoms with van der Waals surface area (Å²) in [6.45, 7) is 3.42. The molecule has 1 N–H and O–H groups in total. The number of ether oxygens (including phenoxy) is 3. The Morgan fingerprint density at radius 3 is 2.24 bits per heavy atom. The summed E-state index contributed by atoms with van der Waals surface area (Å²) >= 11 is 0. The first-order chi connectivity index (χ1) is 15.8. The molecule has 0 bridgehead atoms. The summed E-state index contributed by atoms with van der Waals surface area (Å²) in [5.74, 6) is 0.643. The second kappa shape index (κ2) is 12.1. The molecule has 0 atom stereocenters. The molecule has 0 fully saturated rings. The predicted octanol–water partition coefficient (Wildman–Crippen LogP) is 3.59. The number of nitrogens with one attached hydrogen (secondary N) is 1. The van der Waals surface area contributed by atoms with Crippen molar-refractivity contribution in [3.63, 3.8) is 0 Å². The van der Waals surface area contributed by atoms with E-state index < -0.39 is 22.5 Å². The van der Waals surface area contributed by atoms with E-state index in [4.69, 9.17) is 14.2 Å². The molecule has 9 nitrogen and oxygen atoms in total. The lowest BCUT2D eigenvalue weighted by Gasteiger charge is -2.24. The number of sulfonamides is 1. The van der Waals surface area contributed by atoms with Gasteiger partial charge in [0, 0.05) is 11.8 Å². The number of unbranched alkanes of at least 4 members (excludes halogenated alkanes) is 1. The Balaban J connectivity index is 2.40. The quantitative estimate of drug-likeness (QED) is 0.370. The third kappa shape index (κ3) is 6.85. The van der Waals surface area contributed by atoms with Crippen LogP contribution in [0.4, 0.5) is 5.69 Å². The van der Waals surface area contributed by atoms with E-state index in [-0.39, 0.29) is 10.6 Å². The molecule has 0 unspecified atom stereocenters. The molecule has 0 spiro atoms. The summed E-state index contributed by atoms with van der Waals surface area (Å²) in [5.41, 5.74) is 3.52. The second-order valence-electron chi connectivity index (χ2n) is 7.21. The minimum Gasteiger partial charge on any atom is -0.497 e. The first-order valence-corrected chi connectivity index (χ1v) is 11.9. The number of methoxy groups -OCH3 is 3. The highest BCUT2D eigenvalue weighted by atomic mass is 32.2. The zero-order valence-electron chi connectivity index (χ0n) is 19.6. The standard InChI is InChI=1S/C23H31N3O6S/c1-6-7-8-17(2)24-25-23(27)16-26(18-9-11-19(30-3)12-10-18)33(28,29)20-13-14-21(31-4)22(15-20)32-5/h9-15H,6-8,16H2,1-5H3,(H,25,27)/b24-17-. The fraction of sp³-hybridized carbons (Fsp3) is 0.391. The van der Waals surface area contributed by atoms with Gasteiger partial charge in [-0.3, -0.25) is 9.10 Å². The van der Waals surface area contributed by atoms with Crippen LogP contribution < -0.4 is 23.9 Å². The molecule has 0 aliphatic carbocycles. The van der Waals surface area contributed by atoms with Crippen molar-refractivity contribution >= 4 is 27.3 Å². The summed E-state index contributed by atoms with van der Waals surface area (Å²) in [4.78, 5) is 12.6. The summed E-state index contributed by atoms with van der Waals surface area (Å²) in [6, 6.07) is 10.6. The van der Waals surface area contributed by atoms with E-state index in [1.165, 1.54) is 39.5 Å². The van der Waals surface area contributed by atoms with Gasteiger partial charge in [-0.2, -0.15) is 5.10 Å². The molecule has 180 valence electrons. The van der Waals surface area contributed by atoms with Crippen molar-refractivity contribution in [2.75, 3.05) is 32.2 Å². The first-order valence-electron chi connectivity index (χ1n) is 10.5. The van der Waals surface area contributed by atoms with E-state index in [9.17, 15) is 13.2 Å². The van der Waals surface area contributed by atoms with Gasteiger partial charge in [0.15, 0.2) is 11.5 Å². The average Bonchev–Trinajstić information content (AvgIpc) is 2.84. The van der Waals surface area contributed by atoms with E-state index >= 15 is 0 Å². The number of nitrogens with zero attached hydrogens (tertiary/aromatic N) is 2. The molecule has 0 radical (unpaired) electrons. The van der Waals surface area contributed by atoms with Crippen LogP contribution in [0.15, 0.2) is 52.5 Å². The summed E-state index contributed by atoms with van der Waals surface area (Å²) in [6.07, 6.45) is 2.72. The van der Waals surface area contributed by atoms with E-state index in [0.29, 0.717) is 17.2 Å². The molecule has 0 saturated heterocycles. The highest BCUT2D eigenvalue weighted by Gasteiger charge is 2.28. The molecular formula is C23H31N3O6S. The highest BCUT2D eigenvalue weighted by molar-refractivity contribution is 7.92. The van der Waals surface area contributed by atoms with E-state index in [0.717, 1.165) is 29.3 Å². The Bertz CT molecular complexity index is 1070. The average molecular weight is 478 g/mol. The SMILES string of the molecule is CCCC/C(C)=N\NC(=O)CN(c1ccc(OC)cc1)S(=O)(=O)c1ccc(OC)c(OC)c1. The van der Waals surface area contributed by atoms with Crippen molar-refractivity contribution in [2.45, 2.75) is 38.0 Å². The molecule has 2 aromatic rings. The zero-order chi connectivity index (χ0) is 24.4. The van der Waals surface area contributed by atoms with Crippen LogP contribution in [0.25, 0.3) is 0 Å². The van der Waals surface area contributed by atoms with Crippen molar-refractivity contribution in [2.24, 2.45) is 5.10 Å². The zero-order valence-corrected chi connectivity index (χ0v) is 20.4. The van der Waals surface area contributed by atoms with Crippen LogP contribution in [-0.2, 0) is 14.8 Å². The number of hydrogen-bond acceptors (Lipinski definition) is 7. The highest BCUT2D eigenvalue weighted by Crippen LogP contribution is 2.32. The number of amides is 1. The maximum Gasteiger partial charge on any atom is 0.264 e. The van der Waals surface area contributed by atoms with Gasteiger partial charge in [-0.25, -0.2) is 13.8 Å². The number of carbonyl (C=O) groups is 1. The Hall–Kier alpha value is -3.27. The fourth-order valence-corrected chi connectivity index (χ4v) is 4.42. The smallest absolute Gasteiger partial charge is 0.264 e. The van der Waals surface area contributed by atoms with Crippen LogP contribution in [-0.4, -0.2) is 47.9 Å². The normalized spacial score (nSPS) is 11.6. The van der Waals surface area contributed by atoms with Crippen molar-refractivity contribution in [3.05, 3.63) is 42.5 Å². The van der Waals surface area contributed by atoms with Crippen molar-refractivity contribution in [1.82, 2.24) is 5.43 Å². The van der Waals surface area contributed by atoms with Gasteiger partial charge in [0.1, 0.15) is 12.3 Å². The Morgan fingerprint density at radius 1 is 1.00 bits per heavy atom. The third-order valence-corrected chi connectivity index (χ3v) is 6.62. The van der Waals surface area contributed by atoms with Crippen LogP contribution in [0, 0.1) is 0 Å². The van der Waals surface area contributed by atoms with E-state index in [2.05, 4.69) is 17.5 Å². The monoisotopic (exact) mass is 477 g/mol. The third-order valence-electron chi connectivity index (χ3n) is 4.85. The molecule has 0 aliphatic rings. The molecule has 0 saturated carbocycles. The van der Waals surface area contributed by atoms with Gasteiger partial charge in [-0.1, -0.05) is 13.3 Å². The minimum atomic E-state index is -4.13. The largest absolute Gasteiger partial charge is 0.497 e. The molecule has 10 heteroatoms. The van der Waals surface area contributed by atoms with Gasteiger partial charge in [-0.15, -0.1) is 0 Å². The molecule has 1 amide bonds. The van der Waals surface area contributed by atoms with Gasteiger partial charge in [0.25, 0.3) is 15.9 Å². The van der Waals surface area contributed by atoms with Gasteiger partial charge in [0.05, 0.1) is 31.9 Å². The Labute approximate surface area is 195 Å². The number of carbonyl (C=O) groups excluding carboxylic acids is 1. The van der Waals surface area contributed by atoms with Crippen molar-refractivity contribution in [3.8, 4) is 17.2 Å². The lowest BCUT2D eigenvalue weighted by Crippen LogP contribution is -2.39. The molecule has 0 aromatic heterocycles. The number of benzene rings is 2. The number of anilines is 1. The summed E-state index contributed by atoms with van der Waals surface area (Å²) in [5, 5.41) is 4.08. The van der Waals surface area contributed by atoms with Gasteiger partial charge >= 0.3 is 0 Å². The minimum absolute atomic E-state index is 0.0496. The van der Waals surface area contributed by atoms with Gasteiger partial charge < -0.3 is 14.2 Å². The van der Waals surface area contributed by atoms with Crippen LogP contribution in [0.2, 0.25) is 0 Å². The lowest BCUT2D eigenvalue weighted by atomic mass is 10.2. The Kier molecular flexibility index (Phi) is 9.53. The summed E-state index contributed by atoms with van der Waals surface area (Å²) < 4.78 is 43.7. The topological polar surface area (TPSA) is 107 Å². The van der Waals surface area contributed by atoms with E-state index in [1.54, 1.807) is 24.3 Å². The maximum atomic E-state index is 13.6. The van der Waals surface area contributed by atoms with Crippen molar-refractivity contribution in [1.29, 1.82) is 0 Å². The molecular weight excluding hydrogens is 446 g/mol. The van der Waals surface area contributed by atoms with Crippen LogP contribution in [0.3, 0.4) is 0 Å². The van der Waals surface area contributed by atoms with Crippen LogP contribution in [0.1, 0.15) is 33.1 Å². The van der Waals surface area contributed by atoms with E-state index in [1.807, 2.05) is 6.92 Å². The molecule has 2 aromatic carbocycles. The Morgan fingerprint density at radius 2 is 1.67 bits per heavy atom. The fourth-order valence-electron chi connectivity index (χ4n) is 2.98. The maximum absolute atomic E-state index is 13.6. The number of rotatable bonds is 12.